The molecule has 0 radical (unpaired) electrons. The lowest BCUT2D eigenvalue weighted by Gasteiger charge is -2.11. The number of fused-ring (bicyclic) bond motifs is 1. The van der Waals surface area contributed by atoms with Crippen molar-refractivity contribution >= 4 is 28.5 Å². The molecule has 1 aromatic heterocycles. The van der Waals surface area contributed by atoms with Crippen LogP contribution in [0.4, 0.5) is 0 Å². The second kappa shape index (κ2) is 4.39. The first-order valence-electron chi connectivity index (χ1n) is 5.23. The van der Waals surface area contributed by atoms with Crippen LogP contribution in [0, 0.1) is 6.92 Å². The summed E-state index contributed by atoms with van der Waals surface area (Å²) in [5, 5.41) is 10.2. The first kappa shape index (κ1) is 12.0. The minimum absolute atomic E-state index is 0.134. The smallest absolute Gasteiger partial charge is 0.305 e. The number of aromatic amines is 1. The summed E-state index contributed by atoms with van der Waals surface area (Å²) in [6, 6.07) is 5.01. The SMILES string of the molecule is Cc1cc2cc(Cl)c(C(N)CC(=O)O)cc2[nH]1. The van der Waals surface area contributed by atoms with Crippen LogP contribution in [0.2, 0.25) is 5.02 Å². The van der Waals surface area contributed by atoms with Crippen molar-refractivity contribution in [3.63, 3.8) is 0 Å². The highest BCUT2D eigenvalue weighted by Crippen LogP contribution is 2.29. The fraction of sp³-hybridized carbons (Fsp3) is 0.250. The van der Waals surface area contributed by atoms with E-state index in [-0.39, 0.29) is 6.42 Å². The Kier molecular flexibility index (Phi) is 3.09. The molecule has 2 rings (SSSR count). The molecule has 1 unspecified atom stereocenters. The van der Waals surface area contributed by atoms with Gasteiger partial charge in [-0.05, 0) is 30.7 Å². The van der Waals surface area contributed by atoms with Gasteiger partial charge in [0.15, 0.2) is 0 Å². The highest BCUT2D eigenvalue weighted by Gasteiger charge is 2.15. The molecule has 5 heteroatoms. The van der Waals surface area contributed by atoms with E-state index < -0.39 is 12.0 Å². The monoisotopic (exact) mass is 252 g/mol. The third kappa shape index (κ3) is 2.43. The van der Waals surface area contributed by atoms with Gasteiger partial charge in [0.25, 0.3) is 0 Å². The van der Waals surface area contributed by atoms with Gasteiger partial charge < -0.3 is 15.8 Å². The third-order valence-corrected chi connectivity index (χ3v) is 2.99. The molecular weight excluding hydrogens is 240 g/mol. The standard InChI is InChI=1S/C12H13ClN2O2/c1-6-2-7-3-9(13)8(4-11(7)15-6)10(14)5-12(16)17/h2-4,10,15H,5,14H2,1H3,(H,16,17). The molecule has 0 fully saturated rings. The number of carboxylic acids is 1. The molecule has 1 atom stereocenters. The molecule has 2 aromatic rings. The van der Waals surface area contributed by atoms with E-state index in [1.54, 1.807) is 6.07 Å². The van der Waals surface area contributed by atoms with Crippen LogP contribution in [0.25, 0.3) is 10.9 Å². The Morgan fingerprint density at radius 2 is 2.24 bits per heavy atom. The average Bonchev–Trinajstić information content (AvgIpc) is 2.54. The summed E-state index contributed by atoms with van der Waals surface area (Å²) in [5.74, 6) is -0.934. The first-order chi connectivity index (χ1) is 7.97. The van der Waals surface area contributed by atoms with Crippen LogP contribution in [0.15, 0.2) is 18.2 Å². The summed E-state index contributed by atoms with van der Waals surface area (Å²) in [5.41, 5.74) is 8.42. The fourth-order valence-corrected chi connectivity index (χ4v) is 2.21. The summed E-state index contributed by atoms with van der Waals surface area (Å²) in [6.45, 7) is 1.95. The lowest BCUT2D eigenvalue weighted by atomic mass is 10.0. The van der Waals surface area contributed by atoms with Gasteiger partial charge in [-0.2, -0.15) is 0 Å². The quantitative estimate of drug-likeness (QED) is 0.786. The number of nitrogens with one attached hydrogen (secondary N) is 1. The molecule has 4 N–H and O–H groups in total. The van der Waals surface area contributed by atoms with Gasteiger partial charge in [0.1, 0.15) is 0 Å². The number of carbonyl (C=O) groups is 1. The van der Waals surface area contributed by atoms with E-state index >= 15 is 0 Å². The van der Waals surface area contributed by atoms with E-state index in [1.165, 1.54) is 0 Å². The Labute approximate surface area is 103 Å². The topological polar surface area (TPSA) is 79.1 Å². The van der Waals surface area contributed by atoms with Crippen molar-refractivity contribution in [1.29, 1.82) is 0 Å². The summed E-state index contributed by atoms with van der Waals surface area (Å²) >= 11 is 6.10. The second-order valence-corrected chi connectivity index (χ2v) is 4.52. The molecule has 0 aliphatic heterocycles. The maximum Gasteiger partial charge on any atom is 0.305 e. The number of benzene rings is 1. The van der Waals surface area contributed by atoms with Crippen molar-refractivity contribution in [3.8, 4) is 0 Å². The minimum Gasteiger partial charge on any atom is -0.481 e. The van der Waals surface area contributed by atoms with E-state index in [0.29, 0.717) is 10.6 Å². The van der Waals surface area contributed by atoms with Crippen LogP contribution in [-0.4, -0.2) is 16.1 Å². The molecule has 1 aromatic carbocycles. The molecule has 0 saturated heterocycles. The van der Waals surface area contributed by atoms with Crippen LogP contribution in [0.1, 0.15) is 23.7 Å². The van der Waals surface area contributed by atoms with Crippen molar-refractivity contribution < 1.29 is 9.90 Å². The highest BCUT2D eigenvalue weighted by atomic mass is 35.5. The van der Waals surface area contributed by atoms with Crippen molar-refractivity contribution in [2.45, 2.75) is 19.4 Å². The number of hydrogen-bond donors (Lipinski definition) is 3. The van der Waals surface area contributed by atoms with Gasteiger partial charge in [-0.1, -0.05) is 11.6 Å². The number of H-pyrrole nitrogens is 1. The van der Waals surface area contributed by atoms with E-state index in [0.717, 1.165) is 16.6 Å². The van der Waals surface area contributed by atoms with Crippen molar-refractivity contribution in [2.24, 2.45) is 5.73 Å². The van der Waals surface area contributed by atoms with Crippen LogP contribution in [-0.2, 0) is 4.79 Å². The zero-order chi connectivity index (χ0) is 12.6. The maximum atomic E-state index is 10.6. The van der Waals surface area contributed by atoms with Gasteiger partial charge in [-0.15, -0.1) is 0 Å². The predicted octanol–water partition coefficient (Wildman–Crippen LogP) is 2.60. The Balaban J connectivity index is 2.46. The Bertz CT molecular complexity index is 577. The van der Waals surface area contributed by atoms with Gasteiger partial charge in [0.2, 0.25) is 0 Å². The van der Waals surface area contributed by atoms with Crippen molar-refractivity contribution in [1.82, 2.24) is 4.98 Å². The molecule has 0 aliphatic rings. The van der Waals surface area contributed by atoms with Gasteiger partial charge >= 0.3 is 5.97 Å². The molecule has 0 aliphatic carbocycles. The van der Waals surface area contributed by atoms with Gasteiger partial charge in [0, 0.05) is 27.7 Å². The number of hydrogen-bond acceptors (Lipinski definition) is 2. The van der Waals surface area contributed by atoms with Gasteiger partial charge in [-0.25, -0.2) is 0 Å². The summed E-state index contributed by atoms with van der Waals surface area (Å²) in [4.78, 5) is 13.8. The molecule has 0 amide bonds. The summed E-state index contributed by atoms with van der Waals surface area (Å²) < 4.78 is 0. The van der Waals surface area contributed by atoms with Crippen LogP contribution in [0.5, 0.6) is 0 Å². The highest BCUT2D eigenvalue weighted by molar-refractivity contribution is 6.32. The van der Waals surface area contributed by atoms with Crippen LogP contribution >= 0.6 is 11.6 Å². The number of nitrogens with two attached hydrogens (primary N) is 1. The zero-order valence-electron chi connectivity index (χ0n) is 9.33. The first-order valence-corrected chi connectivity index (χ1v) is 5.61. The summed E-state index contributed by atoms with van der Waals surface area (Å²) in [7, 11) is 0. The molecule has 4 nitrogen and oxygen atoms in total. The Morgan fingerprint density at radius 1 is 1.53 bits per heavy atom. The summed E-state index contributed by atoms with van der Waals surface area (Å²) in [6.07, 6.45) is -0.134. The van der Waals surface area contributed by atoms with Crippen molar-refractivity contribution in [3.05, 3.63) is 34.5 Å². The fourth-order valence-electron chi connectivity index (χ4n) is 1.90. The number of aryl methyl sites for hydroxylation is 1. The van der Waals surface area contributed by atoms with E-state index in [9.17, 15) is 4.79 Å². The number of carboxylic acid groups (broad SMARTS) is 1. The number of halogens is 1. The molecular formula is C12H13ClN2O2. The van der Waals surface area contributed by atoms with Crippen LogP contribution < -0.4 is 5.73 Å². The van der Waals surface area contributed by atoms with Gasteiger partial charge in [-0.3, -0.25) is 4.79 Å². The minimum atomic E-state index is -0.934. The Hall–Kier alpha value is -1.52. The molecule has 90 valence electrons. The third-order valence-electron chi connectivity index (χ3n) is 2.67. The van der Waals surface area contributed by atoms with E-state index in [2.05, 4.69) is 4.98 Å². The maximum absolute atomic E-state index is 10.6. The number of rotatable bonds is 3. The number of aliphatic carboxylic acids is 1. The normalized spacial score (nSPS) is 12.9. The number of aromatic nitrogens is 1. The molecule has 17 heavy (non-hydrogen) atoms. The van der Waals surface area contributed by atoms with Crippen molar-refractivity contribution in [2.75, 3.05) is 0 Å². The average molecular weight is 253 g/mol. The molecule has 0 bridgehead atoms. The van der Waals surface area contributed by atoms with Gasteiger partial charge in [0.05, 0.1) is 6.42 Å². The lowest BCUT2D eigenvalue weighted by Crippen LogP contribution is -2.15. The van der Waals surface area contributed by atoms with E-state index in [1.807, 2.05) is 19.1 Å². The van der Waals surface area contributed by atoms with Crippen LogP contribution in [0.3, 0.4) is 0 Å². The lowest BCUT2D eigenvalue weighted by molar-refractivity contribution is -0.137. The molecule has 1 heterocycles. The largest absolute Gasteiger partial charge is 0.481 e. The molecule has 0 spiro atoms. The Morgan fingerprint density at radius 3 is 2.88 bits per heavy atom. The zero-order valence-corrected chi connectivity index (χ0v) is 10.1. The second-order valence-electron chi connectivity index (χ2n) is 4.12. The predicted molar refractivity (Wildman–Crippen MR) is 67.2 cm³/mol. The van der Waals surface area contributed by atoms with E-state index in [4.69, 9.17) is 22.4 Å². The molecule has 0 saturated carbocycles.